The number of carbonyl (C=O) groups excluding carboxylic acids is 2. The first-order chi connectivity index (χ1) is 14.9. The average molecular weight is 417 g/mol. The number of aryl methyl sites for hydroxylation is 1. The Kier molecular flexibility index (Phi) is 7.44. The molecule has 0 spiro atoms. The van der Waals surface area contributed by atoms with Gasteiger partial charge in [-0.3, -0.25) is 9.59 Å². The summed E-state index contributed by atoms with van der Waals surface area (Å²) in [5, 5.41) is 5.65. The van der Waals surface area contributed by atoms with Crippen molar-refractivity contribution in [1.29, 1.82) is 0 Å². The van der Waals surface area contributed by atoms with Gasteiger partial charge >= 0.3 is 0 Å². The average Bonchev–Trinajstić information content (AvgIpc) is 2.79. The lowest BCUT2D eigenvalue weighted by molar-refractivity contribution is -0.118. The second kappa shape index (κ2) is 10.4. The Morgan fingerprint density at radius 2 is 1.55 bits per heavy atom. The zero-order chi connectivity index (χ0) is 22.2. The Morgan fingerprint density at radius 3 is 2.16 bits per heavy atom. The van der Waals surface area contributed by atoms with Crippen molar-refractivity contribution >= 4 is 23.2 Å². The topological polar surface area (TPSA) is 67.4 Å². The third-order valence-corrected chi connectivity index (χ3v) is 5.14. The van der Waals surface area contributed by atoms with Crippen LogP contribution in [0.4, 0.5) is 11.4 Å². The van der Waals surface area contributed by atoms with Gasteiger partial charge in [-0.25, -0.2) is 0 Å². The summed E-state index contributed by atoms with van der Waals surface area (Å²) < 4.78 is 5.57. The van der Waals surface area contributed by atoms with Crippen LogP contribution in [0.3, 0.4) is 0 Å². The van der Waals surface area contributed by atoms with Crippen LogP contribution in [0.25, 0.3) is 0 Å². The minimum atomic E-state index is -0.248. The van der Waals surface area contributed by atoms with Crippen molar-refractivity contribution < 1.29 is 14.3 Å². The molecule has 0 aliphatic rings. The van der Waals surface area contributed by atoms with Gasteiger partial charge in [-0.1, -0.05) is 43.7 Å². The molecule has 0 bridgehead atoms. The molecule has 160 valence electrons. The summed E-state index contributed by atoms with van der Waals surface area (Å²) in [6.45, 7) is 6.21. The van der Waals surface area contributed by atoms with Crippen molar-refractivity contribution in [2.45, 2.75) is 33.1 Å². The van der Waals surface area contributed by atoms with Gasteiger partial charge in [0.25, 0.3) is 11.8 Å². The summed E-state index contributed by atoms with van der Waals surface area (Å²) in [4.78, 5) is 24.5. The predicted octanol–water partition coefficient (Wildman–Crippen LogP) is 5.78. The van der Waals surface area contributed by atoms with E-state index in [1.165, 1.54) is 5.56 Å². The number of anilines is 2. The highest BCUT2D eigenvalue weighted by Crippen LogP contribution is 2.21. The number of amides is 2. The maximum atomic E-state index is 12.3. The summed E-state index contributed by atoms with van der Waals surface area (Å²) in [6, 6.07) is 22.2. The number of rotatable bonds is 8. The molecule has 0 aliphatic carbocycles. The molecule has 0 radical (unpaired) electrons. The molecule has 0 aromatic heterocycles. The molecule has 2 amide bonds. The van der Waals surface area contributed by atoms with Gasteiger partial charge in [0.15, 0.2) is 6.61 Å². The van der Waals surface area contributed by atoms with Gasteiger partial charge in [0.1, 0.15) is 5.75 Å². The van der Waals surface area contributed by atoms with E-state index in [0.29, 0.717) is 28.6 Å². The molecule has 0 unspecified atom stereocenters. The summed E-state index contributed by atoms with van der Waals surface area (Å²) in [5.74, 6) is 0.745. The largest absolute Gasteiger partial charge is 0.484 e. The molecule has 3 aromatic rings. The third kappa shape index (κ3) is 6.44. The zero-order valence-corrected chi connectivity index (χ0v) is 18.1. The standard InChI is InChI=1S/C26H28N2O3/c1-4-19(3)20-8-14-24(15-9-20)31-17-25(29)27-22-10-12-23(13-11-22)28-26(30)21-7-5-6-18(2)16-21/h5-16,19H,4,17H2,1-3H3,(H,27,29)(H,28,30)/t19-/m0/s1. The fraction of sp³-hybridized carbons (Fsp3) is 0.231. The van der Waals surface area contributed by atoms with Crippen LogP contribution >= 0.6 is 0 Å². The van der Waals surface area contributed by atoms with Gasteiger partial charge in [-0.2, -0.15) is 0 Å². The van der Waals surface area contributed by atoms with Crippen molar-refractivity contribution in [2.75, 3.05) is 17.2 Å². The minimum absolute atomic E-state index is 0.0749. The first kappa shape index (κ1) is 22.1. The second-order valence-electron chi connectivity index (χ2n) is 7.62. The monoisotopic (exact) mass is 416 g/mol. The third-order valence-electron chi connectivity index (χ3n) is 5.14. The van der Waals surface area contributed by atoms with Gasteiger partial charge < -0.3 is 15.4 Å². The molecule has 1 atom stereocenters. The molecular weight excluding hydrogens is 388 g/mol. The molecule has 31 heavy (non-hydrogen) atoms. The predicted molar refractivity (Wildman–Crippen MR) is 125 cm³/mol. The molecule has 0 saturated heterocycles. The highest BCUT2D eigenvalue weighted by molar-refractivity contribution is 6.04. The van der Waals surface area contributed by atoms with Gasteiger partial charge in [0.05, 0.1) is 0 Å². The van der Waals surface area contributed by atoms with Gasteiger partial charge in [0, 0.05) is 16.9 Å². The molecular formula is C26H28N2O3. The van der Waals surface area contributed by atoms with E-state index in [1.807, 2.05) is 49.4 Å². The van der Waals surface area contributed by atoms with Crippen LogP contribution in [0.1, 0.15) is 47.7 Å². The number of hydrogen-bond donors (Lipinski definition) is 2. The van der Waals surface area contributed by atoms with E-state index in [-0.39, 0.29) is 18.4 Å². The highest BCUT2D eigenvalue weighted by Gasteiger charge is 2.08. The van der Waals surface area contributed by atoms with E-state index in [1.54, 1.807) is 30.3 Å². The van der Waals surface area contributed by atoms with Gasteiger partial charge in [-0.05, 0) is 73.4 Å². The van der Waals surface area contributed by atoms with Crippen LogP contribution in [0.15, 0.2) is 72.8 Å². The van der Waals surface area contributed by atoms with Crippen LogP contribution in [0, 0.1) is 6.92 Å². The maximum absolute atomic E-state index is 12.3. The zero-order valence-electron chi connectivity index (χ0n) is 18.1. The Bertz CT molecular complexity index is 1030. The fourth-order valence-electron chi connectivity index (χ4n) is 3.10. The van der Waals surface area contributed by atoms with Crippen LogP contribution in [-0.2, 0) is 4.79 Å². The van der Waals surface area contributed by atoms with Crippen molar-refractivity contribution in [1.82, 2.24) is 0 Å². The second-order valence-corrected chi connectivity index (χ2v) is 7.62. The lowest BCUT2D eigenvalue weighted by Gasteiger charge is -2.11. The Hall–Kier alpha value is -3.60. The molecule has 0 aliphatic heterocycles. The quantitative estimate of drug-likeness (QED) is 0.489. The Labute approximate surface area is 183 Å². The van der Waals surface area contributed by atoms with Crippen molar-refractivity contribution in [3.05, 3.63) is 89.5 Å². The summed E-state index contributed by atoms with van der Waals surface area (Å²) in [5.41, 5.74) is 4.18. The minimum Gasteiger partial charge on any atom is -0.484 e. The summed E-state index contributed by atoms with van der Waals surface area (Å²) in [7, 11) is 0. The molecule has 5 nitrogen and oxygen atoms in total. The van der Waals surface area contributed by atoms with E-state index >= 15 is 0 Å². The van der Waals surface area contributed by atoms with Crippen LogP contribution in [-0.4, -0.2) is 18.4 Å². The number of hydrogen-bond acceptors (Lipinski definition) is 3. The van der Waals surface area contributed by atoms with Crippen LogP contribution in [0.2, 0.25) is 0 Å². The van der Waals surface area contributed by atoms with E-state index < -0.39 is 0 Å². The van der Waals surface area contributed by atoms with Crippen molar-refractivity contribution in [2.24, 2.45) is 0 Å². The van der Waals surface area contributed by atoms with Crippen LogP contribution in [0.5, 0.6) is 5.75 Å². The van der Waals surface area contributed by atoms with E-state index in [4.69, 9.17) is 4.74 Å². The highest BCUT2D eigenvalue weighted by atomic mass is 16.5. The van der Waals surface area contributed by atoms with Crippen LogP contribution < -0.4 is 15.4 Å². The lowest BCUT2D eigenvalue weighted by atomic mass is 9.99. The first-order valence-corrected chi connectivity index (χ1v) is 10.5. The van der Waals surface area contributed by atoms with E-state index in [9.17, 15) is 9.59 Å². The maximum Gasteiger partial charge on any atom is 0.262 e. The lowest BCUT2D eigenvalue weighted by Crippen LogP contribution is -2.20. The first-order valence-electron chi connectivity index (χ1n) is 10.5. The SMILES string of the molecule is CC[C@H](C)c1ccc(OCC(=O)Nc2ccc(NC(=O)c3cccc(C)c3)cc2)cc1. The molecule has 3 rings (SSSR count). The molecule has 5 heteroatoms. The molecule has 0 heterocycles. The van der Waals surface area contributed by atoms with Gasteiger partial charge in [0.2, 0.25) is 0 Å². The molecule has 0 fully saturated rings. The normalized spacial score (nSPS) is 11.5. The smallest absolute Gasteiger partial charge is 0.262 e. The molecule has 0 saturated carbocycles. The van der Waals surface area contributed by atoms with Crippen molar-refractivity contribution in [3.63, 3.8) is 0 Å². The van der Waals surface area contributed by atoms with E-state index in [0.717, 1.165) is 12.0 Å². The summed E-state index contributed by atoms with van der Waals surface area (Å²) >= 11 is 0. The molecule has 3 aromatic carbocycles. The number of ether oxygens (including phenoxy) is 1. The number of carbonyl (C=O) groups is 2. The molecule has 2 N–H and O–H groups in total. The summed E-state index contributed by atoms with van der Waals surface area (Å²) in [6.07, 6.45) is 1.08. The number of nitrogens with one attached hydrogen (secondary N) is 2. The number of benzene rings is 3. The van der Waals surface area contributed by atoms with Crippen molar-refractivity contribution in [3.8, 4) is 5.75 Å². The van der Waals surface area contributed by atoms with Gasteiger partial charge in [-0.15, -0.1) is 0 Å². The Morgan fingerprint density at radius 1 is 0.903 bits per heavy atom. The van der Waals surface area contributed by atoms with E-state index in [2.05, 4.69) is 24.5 Å². The fourth-order valence-corrected chi connectivity index (χ4v) is 3.10. The Balaban J connectivity index is 1.49.